The van der Waals surface area contributed by atoms with E-state index in [0.717, 1.165) is 0 Å². The van der Waals surface area contributed by atoms with Gasteiger partial charge in [0.25, 0.3) is 5.91 Å². The van der Waals surface area contributed by atoms with Gasteiger partial charge in [0.1, 0.15) is 5.82 Å². The van der Waals surface area contributed by atoms with E-state index in [9.17, 15) is 9.59 Å². The first-order valence-electron chi connectivity index (χ1n) is 5.12. The zero-order valence-corrected chi connectivity index (χ0v) is 10.1. The number of pyridine rings is 1. The minimum absolute atomic E-state index is 0.0978. The number of hydrogen-bond donors (Lipinski definition) is 1. The van der Waals surface area contributed by atoms with Gasteiger partial charge in [-0.3, -0.25) is 9.59 Å². The molecule has 0 saturated heterocycles. The average molecular weight is 233 g/mol. The Morgan fingerprint density at radius 2 is 2.06 bits per heavy atom. The van der Waals surface area contributed by atoms with Crippen LogP contribution in [0.2, 0.25) is 0 Å². The number of carbonyl (C=O) groups excluding carboxylic acids is 2. The average Bonchev–Trinajstić information content (AvgIpc) is 2.26. The fourth-order valence-corrected chi connectivity index (χ4v) is 1.19. The van der Waals surface area contributed by atoms with Crippen LogP contribution in [0.4, 0.5) is 5.82 Å². The zero-order valence-electron chi connectivity index (χ0n) is 10.1. The molecule has 0 fully saturated rings. The van der Waals surface area contributed by atoms with Crippen molar-refractivity contribution in [2.45, 2.75) is 6.92 Å². The van der Waals surface area contributed by atoms with E-state index in [4.69, 9.17) is 0 Å². The number of ketones is 1. The maximum Gasteiger partial charge on any atom is 0.261 e. The molecule has 90 valence electrons. The van der Waals surface area contributed by atoms with Gasteiger partial charge in [-0.25, -0.2) is 4.98 Å². The maximum absolute atomic E-state index is 11.8. The van der Waals surface area contributed by atoms with Crippen LogP contribution in [-0.2, 0) is 9.59 Å². The molecule has 1 rings (SSSR count). The van der Waals surface area contributed by atoms with Gasteiger partial charge in [-0.2, -0.15) is 0 Å². The van der Waals surface area contributed by atoms with Crippen LogP contribution < -0.4 is 5.32 Å². The summed E-state index contributed by atoms with van der Waals surface area (Å²) in [5, 5.41) is 2.56. The Morgan fingerprint density at radius 1 is 1.35 bits per heavy atom. The van der Waals surface area contributed by atoms with Gasteiger partial charge in [0.2, 0.25) is 0 Å². The quantitative estimate of drug-likeness (QED) is 0.480. The van der Waals surface area contributed by atoms with E-state index in [0.29, 0.717) is 5.82 Å². The maximum atomic E-state index is 11.8. The predicted molar refractivity (Wildman–Crippen MR) is 65.3 cm³/mol. The van der Waals surface area contributed by atoms with Crippen LogP contribution >= 0.6 is 0 Å². The third-order valence-electron chi connectivity index (χ3n) is 1.92. The molecule has 0 aliphatic carbocycles. The number of aromatic nitrogens is 1. The summed E-state index contributed by atoms with van der Waals surface area (Å²) in [4.78, 5) is 28.8. The summed E-state index contributed by atoms with van der Waals surface area (Å²) < 4.78 is 0. The Bertz CT molecular complexity index is 438. The van der Waals surface area contributed by atoms with Gasteiger partial charge in [0.15, 0.2) is 5.78 Å². The van der Waals surface area contributed by atoms with Crippen LogP contribution in [0.15, 0.2) is 36.2 Å². The summed E-state index contributed by atoms with van der Waals surface area (Å²) in [6, 6.07) is 5.16. The molecular weight excluding hydrogens is 218 g/mol. The molecule has 17 heavy (non-hydrogen) atoms. The molecule has 0 spiro atoms. The molecule has 5 heteroatoms. The molecule has 0 unspecified atom stereocenters. The Labute approximate surface area is 100 Å². The topological polar surface area (TPSA) is 62.3 Å². The van der Waals surface area contributed by atoms with Gasteiger partial charge in [-0.1, -0.05) is 6.07 Å². The zero-order chi connectivity index (χ0) is 12.8. The molecule has 1 heterocycles. The van der Waals surface area contributed by atoms with E-state index >= 15 is 0 Å². The number of Topliss-reactive ketones (excluding diaryl/α,β-unsaturated/α-hetero) is 1. The molecule has 1 aromatic heterocycles. The van der Waals surface area contributed by atoms with E-state index in [-0.39, 0.29) is 11.4 Å². The lowest BCUT2D eigenvalue weighted by Gasteiger charge is -2.09. The highest BCUT2D eigenvalue weighted by Gasteiger charge is 2.15. The van der Waals surface area contributed by atoms with Crippen molar-refractivity contribution in [1.82, 2.24) is 9.88 Å². The van der Waals surface area contributed by atoms with E-state index in [1.165, 1.54) is 13.1 Å². The molecule has 0 aliphatic heterocycles. The van der Waals surface area contributed by atoms with Gasteiger partial charge in [0, 0.05) is 26.5 Å². The molecule has 1 N–H and O–H groups in total. The second-order valence-corrected chi connectivity index (χ2v) is 3.73. The number of hydrogen-bond acceptors (Lipinski definition) is 4. The third kappa shape index (κ3) is 4.06. The summed E-state index contributed by atoms with van der Waals surface area (Å²) in [6.45, 7) is 1.35. The Kier molecular flexibility index (Phi) is 4.39. The second kappa shape index (κ2) is 5.79. The fourth-order valence-electron chi connectivity index (χ4n) is 1.19. The molecule has 0 saturated carbocycles. The van der Waals surface area contributed by atoms with E-state index < -0.39 is 5.91 Å². The number of rotatable bonds is 4. The summed E-state index contributed by atoms with van der Waals surface area (Å²) >= 11 is 0. The number of nitrogens with one attached hydrogen (secondary N) is 1. The highest BCUT2D eigenvalue weighted by Crippen LogP contribution is 2.05. The van der Waals surface area contributed by atoms with Crippen molar-refractivity contribution < 1.29 is 9.59 Å². The number of carbonyl (C=O) groups is 2. The second-order valence-electron chi connectivity index (χ2n) is 3.73. The van der Waals surface area contributed by atoms with Gasteiger partial charge < -0.3 is 10.2 Å². The van der Waals surface area contributed by atoms with Crippen molar-refractivity contribution in [1.29, 1.82) is 0 Å². The largest absolute Gasteiger partial charge is 0.383 e. The standard InChI is InChI=1S/C12H15N3O2/c1-9(16)10(8-15(2)3)12(17)14-11-6-4-5-7-13-11/h4-8H,1-3H3,(H,13,14,17)/b10-8+. The molecular formula is C12H15N3O2. The molecule has 0 aliphatic rings. The SMILES string of the molecule is CC(=O)/C(=C\N(C)C)C(=O)Nc1ccccn1. The van der Waals surface area contributed by atoms with Crippen molar-refractivity contribution in [2.24, 2.45) is 0 Å². The lowest BCUT2D eigenvalue weighted by Crippen LogP contribution is -2.21. The lowest BCUT2D eigenvalue weighted by molar-refractivity contribution is -0.119. The normalized spacial score (nSPS) is 10.9. The van der Waals surface area contributed by atoms with Crippen molar-refractivity contribution in [2.75, 3.05) is 19.4 Å². The molecule has 1 aromatic rings. The van der Waals surface area contributed by atoms with E-state index in [1.54, 1.807) is 43.4 Å². The first-order chi connectivity index (χ1) is 8.00. The molecule has 0 radical (unpaired) electrons. The van der Waals surface area contributed by atoms with Crippen LogP contribution in [0.1, 0.15) is 6.92 Å². The summed E-state index contributed by atoms with van der Waals surface area (Å²) in [7, 11) is 3.49. The number of nitrogens with zero attached hydrogens (tertiary/aromatic N) is 2. The van der Waals surface area contributed by atoms with Crippen molar-refractivity contribution in [3.8, 4) is 0 Å². The Balaban J connectivity index is 2.84. The van der Waals surface area contributed by atoms with Crippen molar-refractivity contribution in [3.63, 3.8) is 0 Å². The first kappa shape index (κ1) is 12.9. The summed E-state index contributed by atoms with van der Waals surface area (Å²) in [6.07, 6.45) is 3.05. The van der Waals surface area contributed by atoms with Crippen molar-refractivity contribution >= 4 is 17.5 Å². The van der Waals surface area contributed by atoms with Crippen LogP contribution in [0.25, 0.3) is 0 Å². The molecule has 0 atom stereocenters. The third-order valence-corrected chi connectivity index (χ3v) is 1.92. The Morgan fingerprint density at radius 3 is 2.53 bits per heavy atom. The molecule has 1 amide bonds. The van der Waals surface area contributed by atoms with Crippen LogP contribution in [0.3, 0.4) is 0 Å². The monoisotopic (exact) mass is 233 g/mol. The van der Waals surface area contributed by atoms with Gasteiger partial charge in [-0.05, 0) is 19.1 Å². The number of anilines is 1. The van der Waals surface area contributed by atoms with Gasteiger partial charge in [-0.15, -0.1) is 0 Å². The highest BCUT2D eigenvalue weighted by molar-refractivity contribution is 6.22. The smallest absolute Gasteiger partial charge is 0.261 e. The van der Waals surface area contributed by atoms with Gasteiger partial charge >= 0.3 is 0 Å². The highest BCUT2D eigenvalue weighted by atomic mass is 16.2. The van der Waals surface area contributed by atoms with Crippen LogP contribution in [0.5, 0.6) is 0 Å². The van der Waals surface area contributed by atoms with E-state index in [1.807, 2.05) is 0 Å². The minimum atomic E-state index is -0.454. The summed E-state index contributed by atoms with van der Waals surface area (Å²) in [5.41, 5.74) is 0.0978. The first-order valence-corrected chi connectivity index (χ1v) is 5.12. The van der Waals surface area contributed by atoms with Crippen LogP contribution in [-0.4, -0.2) is 35.7 Å². The van der Waals surface area contributed by atoms with Crippen molar-refractivity contribution in [3.05, 3.63) is 36.2 Å². The molecule has 5 nitrogen and oxygen atoms in total. The fraction of sp³-hybridized carbons (Fsp3) is 0.250. The summed E-state index contributed by atoms with van der Waals surface area (Å²) in [5.74, 6) is -0.319. The predicted octanol–water partition coefficient (Wildman–Crippen LogP) is 1.05. The van der Waals surface area contributed by atoms with E-state index in [2.05, 4.69) is 10.3 Å². The minimum Gasteiger partial charge on any atom is -0.383 e. The Hall–Kier alpha value is -2.17. The molecule has 0 bridgehead atoms. The van der Waals surface area contributed by atoms with Gasteiger partial charge in [0.05, 0.1) is 5.57 Å². The number of amides is 1. The lowest BCUT2D eigenvalue weighted by atomic mass is 10.2. The molecule has 0 aromatic carbocycles. The van der Waals surface area contributed by atoms with Crippen LogP contribution in [0, 0.1) is 0 Å².